The number of benzene rings is 1. The minimum Gasteiger partial charge on any atom is -0.355 e. The second kappa shape index (κ2) is 9.31. The van der Waals surface area contributed by atoms with Crippen LogP contribution in [0.3, 0.4) is 0 Å². The molecule has 6 nitrogen and oxygen atoms in total. The Balaban J connectivity index is 1.94. The number of carbonyl (C=O) groups excluding carboxylic acids is 1. The smallest absolute Gasteiger partial charge is 0.243 e. The van der Waals surface area contributed by atoms with Crippen molar-refractivity contribution in [3.63, 3.8) is 0 Å². The predicted molar refractivity (Wildman–Crippen MR) is 106 cm³/mol. The van der Waals surface area contributed by atoms with Crippen LogP contribution in [0.2, 0.25) is 0 Å². The van der Waals surface area contributed by atoms with Crippen LogP contribution in [0.5, 0.6) is 0 Å². The van der Waals surface area contributed by atoms with E-state index in [1.54, 1.807) is 0 Å². The van der Waals surface area contributed by atoms with Gasteiger partial charge in [0.15, 0.2) is 11.7 Å². The number of unbranched alkanes of at least 4 members (excludes halogenated alkanes) is 2. The van der Waals surface area contributed by atoms with Crippen molar-refractivity contribution < 1.29 is 4.79 Å². The molecule has 0 bridgehead atoms. The molecule has 1 aromatic carbocycles. The highest BCUT2D eigenvalue weighted by molar-refractivity contribution is 5.88. The van der Waals surface area contributed by atoms with E-state index in [2.05, 4.69) is 23.2 Å². The van der Waals surface area contributed by atoms with E-state index in [0.717, 1.165) is 50.7 Å². The van der Waals surface area contributed by atoms with E-state index >= 15 is 0 Å². The molecular weight excluding hydrogens is 338 g/mol. The Morgan fingerprint density at radius 2 is 1.89 bits per heavy atom. The number of nitrogens with one attached hydrogen (secondary N) is 1. The first-order valence-electron chi connectivity index (χ1n) is 9.93. The van der Waals surface area contributed by atoms with E-state index in [-0.39, 0.29) is 5.91 Å². The fourth-order valence-electron chi connectivity index (χ4n) is 3.47. The predicted octanol–water partition coefficient (Wildman–Crippen LogP) is 3.53. The van der Waals surface area contributed by atoms with Gasteiger partial charge in [-0.15, -0.1) is 0 Å². The first-order valence-corrected chi connectivity index (χ1v) is 9.93. The van der Waals surface area contributed by atoms with Crippen molar-refractivity contribution in [2.45, 2.75) is 51.4 Å². The number of aromatic nitrogens is 2. The molecule has 1 aliphatic rings. The van der Waals surface area contributed by atoms with Crippen molar-refractivity contribution in [1.82, 2.24) is 15.3 Å². The lowest BCUT2D eigenvalue weighted by molar-refractivity contribution is -0.121. The van der Waals surface area contributed by atoms with Gasteiger partial charge in [0.1, 0.15) is 5.69 Å². The maximum absolute atomic E-state index is 12.7. The highest BCUT2D eigenvalue weighted by Gasteiger charge is 2.29. The lowest BCUT2D eigenvalue weighted by Gasteiger charge is -2.29. The molecule has 27 heavy (non-hydrogen) atoms. The maximum atomic E-state index is 12.7. The molecule has 6 heteroatoms. The van der Waals surface area contributed by atoms with Gasteiger partial charge in [-0.05, 0) is 37.8 Å². The van der Waals surface area contributed by atoms with Crippen molar-refractivity contribution in [1.29, 1.82) is 5.26 Å². The van der Waals surface area contributed by atoms with Crippen LogP contribution >= 0.6 is 0 Å². The van der Waals surface area contributed by atoms with Crippen molar-refractivity contribution in [2.75, 3.05) is 24.5 Å². The number of nitriles is 1. The summed E-state index contributed by atoms with van der Waals surface area (Å²) < 4.78 is 0. The molecule has 2 heterocycles. The van der Waals surface area contributed by atoms with Gasteiger partial charge >= 0.3 is 0 Å². The van der Waals surface area contributed by atoms with E-state index in [9.17, 15) is 10.1 Å². The van der Waals surface area contributed by atoms with Gasteiger partial charge in [0.05, 0.1) is 17.1 Å². The minimum absolute atomic E-state index is 0.281. The molecule has 2 aromatic rings. The Kier molecular flexibility index (Phi) is 6.59. The van der Waals surface area contributed by atoms with Gasteiger partial charge in [-0.3, -0.25) is 4.79 Å². The molecule has 1 fully saturated rings. The summed E-state index contributed by atoms with van der Waals surface area (Å²) >= 11 is 0. The second-order valence-electron chi connectivity index (χ2n) is 7.03. The van der Waals surface area contributed by atoms with Crippen molar-refractivity contribution in [3.8, 4) is 6.07 Å². The fraction of sp³-hybridized carbons (Fsp3) is 0.524. The normalized spacial score (nSPS) is 15.3. The maximum Gasteiger partial charge on any atom is 0.243 e. The standard InChI is InChI=1S/C21H27N5O/c1-2-3-7-12-23-21(27)16(15-22)19-20(26-13-8-4-9-14-26)25-18-11-6-5-10-17(18)24-19/h5-6,10-11,16H,2-4,7-9,12-14H2,1H3,(H,23,27)/t16-/m0/s1. The molecule has 1 N–H and O–H groups in total. The molecule has 142 valence electrons. The first kappa shape index (κ1) is 19.1. The molecular formula is C21H27N5O. The van der Waals surface area contributed by atoms with Crippen LogP contribution in [-0.2, 0) is 4.79 Å². The summed E-state index contributed by atoms with van der Waals surface area (Å²) in [6.07, 6.45) is 6.46. The summed E-state index contributed by atoms with van der Waals surface area (Å²) in [7, 11) is 0. The molecule has 0 saturated carbocycles. The van der Waals surface area contributed by atoms with Gasteiger partial charge in [-0.1, -0.05) is 31.9 Å². The van der Waals surface area contributed by atoms with Gasteiger partial charge in [-0.25, -0.2) is 9.97 Å². The highest BCUT2D eigenvalue weighted by atomic mass is 16.1. The Morgan fingerprint density at radius 1 is 1.19 bits per heavy atom. The van der Waals surface area contributed by atoms with Gasteiger partial charge in [0.25, 0.3) is 0 Å². The summed E-state index contributed by atoms with van der Waals surface area (Å²) in [5.41, 5.74) is 1.99. The van der Waals surface area contributed by atoms with Gasteiger partial charge < -0.3 is 10.2 Å². The Morgan fingerprint density at radius 3 is 2.56 bits per heavy atom. The highest BCUT2D eigenvalue weighted by Crippen LogP contribution is 2.29. The van der Waals surface area contributed by atoms with E-state index in [1.807, 2.05) is 24.3 Å². The number of para-hydroxylation sites is 2. The number of hydrogen-bond acceptors (Lipinski definition) is 5. The van der Waals surface area contributed by atoms with E-state index in [4.69, 9.17) is 9.97 Å². The lowest BCUT2D eigenvalue weighted by atomic mass is 10.0. The summed E-state index contributed by atoms with van der Waals surface area (Å²) in [5.74, 6) is -0.541. The minimum atomic E-state index is -0.944. The molecule has 1 aromatic heterocycles. The zero-order chi connectivity index (χ0) is 19.1. The molecule has 0 aliphatic carbocycles. The summed E-state index contributed by atoms with van der Waals surface area (Å²) in [4.78, 5) is 24.4. The SMILES string of the molecule is CCCCCNC(=O)[C@@H](C#N)c1nc2ccccc2nc1N1CCCCC1. The Bertz CT molecular complexity index is 823. The number of hydrogen-bond donors (Lipinski definition) is 1. The first-order chi connectivity index (χ1) is 13.2. The van der Waals surface area contributed by atoms with E-state index in [0.29, 0.717) is 23.6 Å². The average Bonchev–Trinajstić information content (AvgIpc) is 2.72. The van der Waals surface area contributed by atoms with Gasteiger partial charge in [0, 0.05) is 19.6 Å². The zero-order valence-electron chi connectivity index (χ0n) is 15.9. The summed E-state index contributed by atoms with van der Waals surface area (Å²) in [5, 5.41) is 12.6. The van der Waals surface area contributed by atoms with Crippen LogP contribution in [0.4, 0.5) is 5.82 Å². The summed E-state index contributed by atoms with van der Waals surface area (Å²) in [6, 6.07) is 9.78. The molecule has 1 amide bonds. The quantitative estimate of drug-likeness (QED) is 0.759. The Hall–Kier alpha value is -2.68. The van der Waals surface area contributed by atoms with Crippen LogP contribution in [0.1, 0.15) is 57.1 Å². The van der Waals surface area contributed by atoms with Crippen LogP contribution in [-0.4, -0.2) is 35.5 Å². The average molecular weight is 365 g/mol. The molecule has 0 radical (unpaired) electrons. The van der Waals surface area contributed by atoms with Crippen molar-refractivity contribution in [3.05, 3.63) is 30.0 Å². The van der Waals surface area contributed by atoms with Gasteiger partial charge in [0.2, 0.25) is 5.91 Å². The van der Waals surface area contributed by atoms with Crippen molar-refractivity contribution >= 4 is 22.8 Å². The molecule has 0 unspecified atom stereocenters. The van der Waals surface area contributed by atoms with Crippen LogP contribution in [0, 0.1) is 11.3 Å². The van der Waals surface area contributed by atoms with Crippen LogP contribution in [0.25, 0.3) is 11.0 Å². The monoisotopic (exact) mass is 365 g/mol. The molecule has 1 aliphatic heterocycles. The van der Waals surface area contributed by atoms with Crippen LogP contribution < -0.4 is 10.2 Å². The molecule has 1 saturated heterocycles. The van der Waals surface area contributed by atoms with Gasteiger partial charge in [-0.2, -0.15) is 5.26 Å². The largest absolute Gasteiger partial charge is 0.355 e. The Labute approximate surface area is 160 Å². The number of carbonyl (C=O) groups is 1. The fourth-order valence-corrected chi connectivity index (χ4v) is 3.47. The van der Waals surface area contributed by atoms with Crippen molar-refractivity contribution in [2.24, 2.45) is 0 Å². The van der Waals surface area contributed by atoms with Crippen LogP contribution in [0.15, 0.2) is 24.3 Å². The number of piperidine rings is 1. The number of fused-ring (bicyclic) bond motifs is 1. The second-order valence-corrected chi connectivity index (χ2v) is 7.03. The third-order valence-electron chi connectivity index (χ3n) is 4.98. The van der Waals surface area contributed by atoms with E-state index < -0.39 is 5.92 Å². The number of amides is 1. The number of rotatable bonds is 7. The third-order valence-corrected chi connectivity index (χ3v) is 4.98. The molecule has 3 rings (SSSR count). The molecule has 0 spiro atoms. The number of nitrogens with zero attached hydrogens (tertiary/aromatic N) is 4. The third kappa shape index (κ3) is 4.54. The lowest BCUT2D eigenvalue weighted by Crippen LogP contribution is -2.34. The summed E-state index contributed by atoms with van der Waals surface area (Å²) in [6.45, 7) is 4.48. The topological polar surface area (TPSA) is 81.9 Å². The van der Waals surface area contributed by atoms with E-state index in [1.165, 1.54) is 6.42 Å². The zero-order valence-corrected chi connectivity index (χ0v) is 15.9. The number of anilines is 1. The molecule has 1 atom stereocenters.